The number of phosphoric acid groups is 1. The quantitative estimate of drug-likeness (QED) is 0.0272. The molecule has 8 nitrogen and oxygen atoms in total. The lowest BCUT2D eigenvalue weighted by molar-refractivity contribution is -0.870. The minimum atomic E-state index is -4.60. The number of rotatable bonds is 56. The predicted molar refractivity (Wildman–Crippen MR) is 302 cm³/mol. The molecule has 0 aromatic heterocycles. The molecule has 0 aromatic rings. The first kappa shape index (κ1) is 68.7. The van der Waals surface area contributed by atoms with Crippen molar-refractivity contribution in [2.75, 3.05) is 40.9 Å². The predicted octanol–water partition coefficient (Wildman–Crippen LogP) is 17.9. The molecule has 0 rings (SSSR count). The van der Waals surface area contributed by atoms with E-state index < -0.39 is 20.0 Å². The van der Waals surface area contributed by atoms with Crippen LogP contribution >= 0.6 is 7.82 Å². The van der Waals surface area contributed by atoms with E-state index in [1.54, 1.807) is 6.08 Å². The lowest BCUT2D eigenvalue weighted by Crippen LogP contribution is -2.45. The van der Waals surface area contributed by atoms with Gasteiger partial charge in [0.05, 0.1) is 39.9 Å². The number of amides is 1. The van der Waals surface area contributed by atoms with Gasteiger partial charge >= 0.3 is 0 Å². The average molecular weight is 1010 g/mol. The van der Waals surface area contributed by atoms with E-state index in [1.165, 1.54) is 231 Å². The van der Waals surface area contributed by atoms with Crippen LogP contribution in [0.1, 0.15) is 296 Å². The molecule has 3 unspecified atom stereocenters. The summed E-state index contributed by atoms with van der Waals surface area (Å²) >= 11 is 0. The van der Waals surface area contributed by atoms with Crippen LogP contribution < -0.4 is 10.2 Å². The molecule has 0 aliphatic carbocycles. The zero-order chi connectivity index (χ0) is 51.3. The van der Waals surface area contributed by atoms with Crippen molar-refractivity contribution in [3.05, 3.63) is 36.5 Å². The standard InChI is InChI=1S/C61H119N2O6P/c1-6-8-10-12-14-16-18-20-22-24-26-27-28-29-30-31-32-33-34-35-37-39-41-43-45-47-49-51-53-55-61(65)62-59(58-69-70(66,67)68-57-56-63(3,4)5)60(64)54-52-50-48-46-44-42-40-38-36-25-23-21-19-17-15-13-11-9-7-2/h26-27,29-30,52,54,59-60,64H,6-25,28,31-51,53,55-58H2,1-5H3,(H-,62,65,66,67)/b27-26-,30-29-,54-52+. The Balaban J connectivity index is 4.13. The molecule has 0 fully saturated rings. The second-order valence-corrected chi connectivity index (χ2v) is 23.5. The average Bonchev–Trinajstić information content (AvgIpc) is 3.32. The number of carbonyl (C=O) groups excluding carboxylic acids is 1. The van der Waals surface area contributed by atoms with Crippen molar-refractivity contribution in [2.45, 2.75) is 309 Å². The van der Waals surface area contributed by atoms with Crippen LogP contribution in [0.5, 0.6) is 0 Å². The molecule has 3 atom stereocenters. The van der Waals surface area contributed by atoms with Gasteiger partial charge in [-0.25, -0.2) is 0 Å². The van der Waals surface area contributed by atoms with Crippen molar-refractivity contribution in [1.82, 2.24) is 5.32 Å². The highest BCUT2D eigenvalue weighted by atomic mass is 31.2. The third-order valence-corrected chi connectivity index (χ3v) is 14.8. The van der Waals surface area contributed by atoms with Gasteiger partial charge in [-0.15, -0.1) is 0 Å². The maximum atomic E-state index is 13.0. The summed E-state index contributed by atoms with van der Waals surface area (Å²) in [6, 6.07) is -0.887. The van der Waals surface area contributed by atoms with Crippen LogP contribution in [0.15, 0.2) is 36.5 Å². The highest BCUT2D eigenvalue weighted by Crippen LogP contribution is 2.38. The van der Waals surface area contributed by atoms with Gasteiger partial charge in [0.15, 0.2) is 0 Å². The Hall–Kier alpha value is -1.28. The third-order valence-electron chi connectivity index (χ3n) is 13.8. The fourth-order valence-electron chi connectivity index (χ4n) is 9.07. The molecule has 0 aromatic carbocycles. The molecule has 1 amide bonds. The molecule has 0 aliphatic rings. The van der Waals surface area contributed by atoms with E-state index in [9.17, 15) is 19.4 Å². The highest BCUT2D eigenvalue weighted by Gasteiger charge is 2.23. The van der Waals surface area contributed by atoms with Crippen molar-refractivity contribution in [2.24, 2.45) is 0 Å². The monoisotopic (exact) mass is 1010 g/mol. The fraction of sp³-hybridized carbons (Fsp3) is 0.885. The maximum Gasteiger partial charge on any atom is 0.268 e. The number of carbonyl (C=O) groups is 1. The van der Waals surface area contributed by atoms with Gasteiger partial charge in [0.25, 0.3) is 7.82 Å². The first-order valence-corrected chi connectivity index (χ1v) is 31.8. The lowest BCUT2D eigenvalue weighted by atomic mass is 10.0. The molecular formula is C61H119N2O6P. The molecule has 70 heavy (non-hydrogen) atoms. The van der Waals surface area contributed by atoms with E-state index in [1.807, 2.05) is 27.2 Å². The summed E-state index contributed by atoms with van der Waals surface area (Å²) in [6.07, 6.45) is 68.0. The number of quaternary nitrogens is 1. The van der Waals surface area contributed by atoms with Crippen LogP contribution in [0.4, 0.5) is 0 Å². The minimum absolute atomic E-state index is 0.000228. The van der Waals surface area contributed by atoms with Gasteiger partial charge in [-0.3, -0.25) is 9.36 Å². The smallest absolute Gasteiger partial charge is 0.268 e. The Morgan fingerprint density at radius 1 is 0.500 bits per heavy atom. The van der Waals surface area contributed by atoms with Crippen LogP contribution in [-0.2, 0) is 18.4 Å². The Bertz CT molecular complexity index is 1230. The number of nitrogens with zero attached hydrogens (tertiary/aromatic N) is 1. The van der Waals surface area contributed by atoms with Gasteiger partial charge in [-0.05, 0) is 51.4 Å². The second kappa shape index (κ2) is 52.6. The number of hydrogen-bond donors (Lipinski definition) is 2. The van der Waals surface area contributed by atoms with Crippen molar-refractivity contribution >= 4 is 13.7 Å². The van der Waals surface area contributed by atoms with E-state index in [-0.39, 0.29) is 19.1 Å². The summed E-state index contributed by atoms with van der Waals surface area (Å²) in [5.41, 5.74) is 0. The fourth-order valence-corrected chi connectivity index (χ4v) is 9.79. The molecule has 0 saturated carbocycles. The minimum Gasteiger partial charge on any atom is -0.756 e. The van der Waals surface area contributed by atoms with Gasteiger partial charge in [-0.1, -0.05) is 275 Å². The number of unbranched alkanes of at least 4 members (excludes halogenated alkanes) is 39. The summed E-state index contributed by atoms with van der Waals surface area (Å²) in [6.45, 7) is 4.69. The third kappa shape index (κ3) is 54.5. The zero-order valence-electron chi connectivity index (χ0n) is 47.2. The number of aliphatic hydroxyl groups is 1. The number of hydrogen-bond acceptors (Lipinski definition) is 6. The Morgan fingerprint density at radius 3 is 1.19 bits per heavy atom. The van der Waals surface area contributed by atoms with Crippen molar-refractivity contribution in [3.8, 4) is 0 Å². The zero-order valence-corrected chi connectivity index (χ0v) is 48.1. The molecule has 9 heteroatoms. The van der Waals surface area contributed by atoms with E-state index in [0.29, 0.717) is 17.4 Å². The summed E-state index contributed by atoms with van der Waals surface area (Å²) in [4.78, 5) is 25.5. The molecule has 0 radical (unpaired) electrons. The number of aliphatic hydroxyl groups excluding tert-OH is 1. The molecule has 414 valence electrons. The Morgan fingerprint density at radius 2 is 0.829 bits per heavy atom. The van der Waals surface area contributed by atoms with Gasteiger partial charge in [0, 0.05) is 6.42 Å². The molecule has 0 spiro atoms. The molecule has 0 heterocycles. The van der Waals surface area contributed by atoms with Crippen LogP contribution in [0, 0.1) is 0 Å². The molecule has 2 N–H and O–H groups in total. The van der Waals surface area contributed by atoms with Crippen molar-refractivity contribution in [1.29, 1.82) is 0 Å². The van der Waals surface area contributed by atoms with Gasteiger partial charge < -0.3 is 28.8 Å². The lowest BCUT2D eigenvalue weighted by Gasteiger charge is -2.29. The Kier molecular flexibility index (Phi) is 51.6. The van der Waals surface area contributed by atoms with Gasteiger partial charge in [0.2, 0.25) is 5.91 Å². The Labute approximate surface area is 436 Å². The molecule has 0 bridgehead atoms. The number of nitrogens with one attached hydrogen (secondary N) is 1. The van der Waals surface area contributed by atoms with E-state index in [2.05, 4.69) is 43.5 Å². The second-order valence-electron chi connectivity index (χ2n) is 22.1. The first-order valence-electron chi connectivity index (χ1n) is 30.4. The van der Waals surface area contributed by atoms with E-state index >= 15 is 0 Å². The topological polar surface area (TPSA) is 108 Å². The van der Waals surface area contributed by atoms with Gasteiger partial charge in [0.1, 0.15) is 13.2 Å². The van der Waals surface area contributed by atoms with Crippen LogP contribution in [0.3, 0.4) is 0 Å². The van der Waals surface area contributed by atoms with Gasteiger partial charge in [-0.2, -0.15) is 0 Å². The number of phosphoric ester groups is 1. The largest absolute Gasteiger partial charge is 0.756 e. The summed E-state index contributed by atoms with van der Waals surface area (Å²) in [5.74, 6) is -0.195. The maximum absolute atomic E-state index is 13.0. The van der Waals surface area contributed by atoms with Crippen LogP contribution in [0.2, 0.25) is 0 Å². The molecule has 0 saturated heterocycles. The summed E-state index contributed by atoms with van der Waals surface area (Å²) in [7, 11) is 1.27. The van der Waals surface area contributed by atoms with Crippen LogP contribution in [0.25, 0.3) is 0 Å². The van der Waals surface area contributed by atoms with Crippen molar-refractivity contribution in [3.63, 3.8) is 0 Å². The normalized spacial score (nSPS) is 14.1. The van der Waals surface area contributed by atoms with Crippen molar-refractivity contribution < 1.29 is 32.9 Å². The van der Waals surface area contributed by atoms with E-state index in [4.69, 9.17) is 9.05 Å². The summed E-state index contributed by atoms with van der Waals surface area (Å²) < 4.78 is 23.4. The van der Waals surface area contributed by atoms with Crippen LogP contribution in [-0.4, -0.2) is 68.5 Å². The highest BCUT2D eigenvalue weighted by molar-refractivity contribution is 7.45. The SMILES string of the molecule is CCCCCCCCCCC/C=C\C/C=C\CCCCCCCCCCCCCCCC(=O)NC(COP(=O)([O-])OCC[N+](C)(C)C)C(O)/C=C/CCCCCCCCCCCCCCCCCCC. The molecular weight excluding hydrogens is 888 g/mol. The van der Waals surface area contributed by atoms with E-state index in [0.717, 1.165) is 44.9 Å². The number of likely N-dealkylation sites (N-methyl/N-ethyl adjacent to an activating group) is 1. The molecule has 0 aliphatic heterocycles. The summed E-state index contributed by atoms with van der Waals surface area (Å²) in [5, 5.41) is 13.9. The first-order chi connectivity index (χ1) is 34.0. The number of allylic oxidation sites excluding steroid dienone is 5.